The zero-order valence-corrected chi connectivity index (χ0v) is 15.7. The third-order valence-electron chi connectivity index (χ3n) is 5.04. The van der Waals surface area contributed by atoms with Gasteiger partial charge in [-0.1, -0.05) is 72.4 Å². The average Bonchev–Trinajstić information content (AvgIpc) is 3.18. The van der Waals surface area contributed by atoms with Gasteiger partial charge >= 0.3 is 0 Å². The molecule has 2 nitrogen and oxygen atoms in total. The van der Waals surface area contributed by atoms with Gasteiger partial charge in [-0.3, -0.25) is 4.79 Å². The number of carbonyl (C=O) groups excluding carboxylic acids is 1. The van der Waals surface area contributed by atoms with E-state index in [4.69, 9.17) is 0 Å². The summed E-state index contributed by atoms with van der Waals surface area (Å²) in [7, 11) is 2.09. The Kier molecular flexibility index (Phi) is 3.76. The molecule has 0 atom stereocenters. The molecule has 0 N–H and O–H groups in total. The Labute approximate surface area is 162 Å². The molecule has 1 aliphatic rings. The van der Waals surface area contributed by atoms with Crippen molar-refractivity contribution >= 4 is 34.5 Å². The second-order valence-corrected chi connectivity index (χ2v) is 7.72. The Morgan fingerprint density at radius 3 is 2.37 bits per heavy atom. The van der Waals surface area contributed by atoms with Crippen LogP contribution in [0.4, 0.5) is 0 Å². The lowest BCUT2D eigenvalue weighted by Gasteiger charge is -2.06. The van der Waals surface area contributed by atoms with E-state index in [1.807, 2.05) is 30.3 Å². The number of hydrogen-bond donors (Lipinski definition) is 0. The summed E-state index contributed by atoms with van der Waals surface area (Å²) in [5.74, 6) is 0.113. The van der Waals surface area contributed by atoms with E-state index in [0.29, 0.717) is 0 Å². The number of benzene rings is 3. The van der Waals surface area contributed by atoms with Crippen LogP contribution in [0.25, 0.3) is 28.2 Å². The van der Waals surface area contributed by atoms with E-state index in [1.165, 1.54) is 0 Å². The molecule has 5 rings (SSSR count). The molecule has 1 aliphatic heterocycles. The van der Waals surface area contributed by atoms with Gasteiger partial charge < -0.3 is 4.57 Å². The lowest BCUT2D eigenvalue weighted by molar-refractivity contribution is 0.104. The quantitative estimate of drug-likeness (QED) is 0.395. The van der Waals surface area contributed by atoms with Gasteiger partial charge in [0.25, 0.3) is 0 Å². The summed E-state index contributed by atoms with van der Waals surface area (Å²) in [5.41, 5.74) is 5.35. The summed E-state index contributed by atoms with van der Waals surface area (Å²) in [6.45, 7) is 0. The minimum absolute atomic E-state index is 0.113. The van der Waals surface area contributed by atoms with Crippen LogP contribution in [0.3, 0.4) is 0 Å². The van der Waals surface area contributed by atoms with Gasteiger partial charge in [-0.05, 0) is 29.8 Å². The number of fused-ring (bicyclic) bond motifs is 2. The molecule has 3 aromatic carbocycles. The van der Waals surface area contributed by atoms with E-state index < -0.39 is 0 Å². The smallest absolute Gasteiger partial charge is 0.200 e. The van der Waals surface area contributed by atoms with Crippen molar-refractivity contribution in [3.63, 3.8) is 0 Å². The van der Waals surface area contributed by atoms with Crippen LogP contribution in [0, 0.1) is 0 Å². The number of thioether (sulfide) groups is 1. The van der Waals surface area contributed by atoms with Crippen LogP contribution in [-0.2, 0) is 7.05 Å². The maximum Gasteiger partial charge on any atom is 0.200 e. The number of hydrogen-bond acceptors (Lipinski definition) is 2. The van der Waals surface area contributed by atoms with E-state index in [9.17, 15) is 4.79 Å². The number of carbonyl (C=O) groups is 1. The molecule has 3 heteroatoms. The summed E-state index contributed by atoms with van der Waals surface area (Å²) in [6, 6.07) is 26.6. The van der Waals surface area contributed by atoms with Crippen LogP contribution in [0.15, 0.2) is 88.7 Å². The second kappa shape index (κ2) is 6.29. The van der Waals surface area contributed by atoms with Crippen LogP contribution >= 0.6 is 11.8 Å². The van der Waals surface area contributed by atoms with E-state index >= 15 is 0 Å². The number of para-hydroxylation sites is 1. The van der Waals surface area contributed by atoms with Crippen molar-refractivity contribution in [2.24, 2.45) is 7.05 Å². The molecule has 0 aliphatic carbocycles. The first kappa shape index (κ1) is 16.2. The minimum atomic E-state index is 0.113. The molecule has 0 radical (unpaired) electrons. The zero-order chi connectivity index (χ0) is 18.4. The number of allylic oxidation sites excluding steroid dienone is 1. The fraction of sp³-hybridized carbons (Fsp3) is 0.0417. The van der Waals surface area contributed by atoms with Gasteiger partial charge in [0.05, 0.1) is 10.6 Å². The molecule has 0 bridgehead atoms. The Bertz CT molecular complexity index is 1220. The van der Waals surface area contributed by atoms with Gasteiger partial charge in [0.15, 0.2) is 0 Å². The summed E-state index contributed by atoms with van der Waals surface area (Å²) in [5, 5.41) is 1.16. The maximum atomic E-state index is 12.9. The molecule has 0 unspecified atom stereocenters. The number of Topliss-reactive ketones (excluding diaryl/α,β-unsaturated/α-hetero) is 1. The van der Waals surface area contributed by atoms with Crippen LogP contribution in [0.2, 0.25) is 0 Å². The molecular formula is C24H17NOS. The predicted molar refractivity (Wildman–Crippen MR) is 113 cm³/mol. The Hall–Kier alpha value is -3.04. The number of aryl methyl sites for hydroxylation is 1. The van der Waals surface area contributed by atoms with Crippen LogP contribution < -0.4 is 0 Å². The van der Waals surface area contributed by atoms with E-state index in [-0.39, 0.29) is 5.78 Å². The summed E-state index contributed by atoms with van der Waals surface area (Å²) >= 11 is 1.56. The second-order valence-electron chi connectivity index (χ2n) is 6.64. The summed E-state index contributed by atoms with van der Waals surface area (Å²) < 4.78 is 2.22. The number of nitrogens with zero attached hydrogens (tertiary/aromatic N) is 1. The Balaban J connectivity index is 1.76. The van der Waals surface area contributed by atoms with Crippen molar-refractivity contribution in [2.45, 2.75) is 4.90 Å². The van der Waals surface area contributed by atoms with Gasteiger partial charge in [0.2, 0.25) is 5.78 Å². The molecule has 0 saturated carbocycles. The van der Waals surface area contributed by atoms with Gasteiger partial charge in [-0.15, -0.1) is 0 Å². The van der Waals surface area contributed by atoms with Crippen molar-refractivity contribution in [2.75, 3.05) is 0 Å². The maximum absolute atomic E-state index is 12.9. The summed E-state index contributed by atoms with van der Waals surface area (Å²) in [6.07, 6.45) is 2.07. The molecular weight excluding hydrogens is 350 g/mol. The molecule has 0 spiro atoms. The third kappa shape index (κ3) is 2.54. The molecule has 130 valence electrons. The minimum Gasteiger partial charge on any atom is -0.343 e. The van der Waals surface area contributed by atoms with Gasteiger partial charge in [-0.2, -0.15) is 0 Å². The zero-order valence-electron chi connectivity index (χ0n) is 14.8. The van der Waals surface area contributed by atoms with Crippen molar-refractivity contribution in [1.29, 1.82) is 0 Å². The SMILES string of the molecule is Cn1c(-c2ccccc2)c(/C=C2\Sc3ccccc3C2=O)c2ccccc21. The fourth-order valence-electron chi connectivity index (χ4n) is 3.78. The number of aromatic nitrogens is 1. The first-order chi connectivity index (χ1) is 13.2. The van der Waals surface area contributed by atoms with Crippen LogP contribution in [0.1, 0.15) is 15.9 Å². The predicted octanol–water partition coefficient (Wildman–Crippen LogP) is 6.17. The molecule has 0 fully saturated rings. The largest absolute Gasteiger partial charge is 0.343 e. The number of ketones is 1. The fourth-order valence-corrected chi connectivity index (χ4v) is 4.81. The lowest BCUT2D eigenvalue weighted by Crippen LogP contribution is -1.95. The Morgan fingerprint density at radius 1 is 0.852 bits per heavy atom. The molecule has 1 aromatic heterocycles. The van der Waals surface area contributed by atoms with E-state index in [0.717, 1.165) is 43.1 Å². The average molecular weight is 367 g/mol. The highest BCUT2D eigenvalue weighted by Gasteiger charge is 2.26. The van der Waals surface area contributed by atoms with Crippen molar-refractivity contribution in [1.82, 2.24) is 4.57 Å². The third-order valence-corrected chi connectivity index (χ3v) is 6.14. The number of rotatable bonds is 2. The van der Waals surface area contributed by atoms with Crippen LogP contribution in [0.5, 0.6) is 0 Å². The van der Waals surface area contributed by atoms with Crippen molar-refractivity contribution in [3.8, 4) is 11.3 Å². The topological polar surface area (TPSA) is 22.0 Å². The first-order valence-corrected chi connectivity index (χ1v) is 9.72. The van der Waals surface area contributed by atoms with Gasteiger partial charge in [0.1, 0.15) is 0 Å². The molecule has 2 heterocycles. The van der Waals surface area contributed by atoms with Gasteiger partial charge in [0, 0.05) is 34.0 Å². The van der Waals surface area contributed by atoms with E-state index in [2.05, 4.69) is 66.2 Å². The monoisotopic (exact) mass is 367 g/mol. The van der Waals surface area contributed by atoms with Crippen molar-refractivity contribution in [3.05, 3.63) is 94.9 Å². The highest BCUT2D eigenvalue weighted by atomic mass is 32.2. The standard InChI is InChI=1S/C24H17NOS/c1-25-20-13-7-5-11-17(20)19(23(25)16-9-3-2-4-10-16)15-22-24(26)18-12-6-8-14-21(18)27-22/h2-15H,1H3/b22-15-. The van der Waals surface area contributed by atoms with Crippen molar-refractivity contribution < 1.29 is 4.79 Å². The molecule has 0 saturated heterocycles. The van der Waals surface area contributed by atoms with Crippen LogP contribution in [-0.4, -0.2) is 10.4 Å². The Morgan fingerprint density at radius 2 is 1.56 bits per heavy atom. The molecule has 0 amide bonds. The van der Waals surface area contributed by atoms with Gasteiger partial charge in [-0.25, -0.2) is 0 Å². The normalized spacial score (nSPS) is 14.9. The summed E-state index contributed by atoms with van der Waals surface area (Å²) in [4.78, 5) is 14.7. The highest BCUT2D eigenvalue weighted by Crippen LogP contribution is 2.43. The highest BCUT2D eigenvalue weighted by molar-refractivity contribution is 8.04. The first-order valence-electron chi connectivity index (χ1n) is 8.90. The molecule has 4 aromatic rings. The lowest BCUT2D eigenvalue weighted by atomic mass is 10.0. The molecule has 27 heavy (non-hydrogen) atoms. The van der Waals surface area contributed by atoms with E-state index in [1.54, 1.807) is 11.8 Å².